The molecule has 0 aliphatic carbocycles. The number of hydrogen-bond acceptors (Lipinski definition) is 1. The predicted molar refractivity (Wildman–Crippen MR) is 65.6 cm³/mol. The average molecular weight is 222 g/mol. The summed E-state index contributed by atoms with van der Waals surface area (Å²) in [5, 5.41) is 0. The predicted octanol–water partition coefficient (Wildman–Crippen LogP) is 2.80. The van der Waals surface area contributed by atoms with E-state index in [0.29, 0.717) is 0 Å². The van der Waals surface area contributed by atoms with Gasteiger partial charge in [0.15, 0.2) is 14.5 Å². The van der Waals surface area contributed by atoms with E-state index in [4.69, 9.17) is 4.53 Å². The molecule has 0 fully saturated rings. The van der Waals surface area contributed by atoms with E-state index in [1.807, 2.05) is 43.6 Å². The van der Waals surface area contributed by atoms with Crippen molar-refractivity contribution >= 4 is 14.5 Å². The van der Waals surface area contributed by atoms with Crippen molar-refractivity contribution in [1.29, 1.82) is 0 Å². The maximum absolute atomic E-state index is 5.42. The van der Waals surface area contributed by atoms with Gasteiger partial charge in [0.25, 0.3) is 0 Å². The first kappa shape index (κ1) is 11.9. The van der Waals surface area contributed by atoms with Gasteiger partial charge in [-0.2, -0.15) is 0 Å². The summed E-state index contributed by atoms with van der Waals surface area (Å²) >= 11 is 0. The number of benzene rings is 1. The van der Waals surface area contributed by atoms with Crippen molar-refractivity contribution in [2.24, 2.45) is 0 Å². The minimum Gasteiger partial charge on any atom is -0.448 e. The van der Waals surface area contributed by atoms with E-state index in [1.165, 1.54) is 0 Å². The molecule has 0 bridgehead atoms. The molecule has 3 nitrogen and oxygen atoms in total. The molecule has 0 amide bonds. The summed E-state index contributed by atoms with van der Waals surface area (Å²) in [6.45, 7) is 6.31. The Balaban J connectivity index is 2.54. The van der Waals surface area contributed by atoms with Crippen molar-refractivity contribution < 1.29 is 9.21 Å². The Labute approximate surface area is 92.5 Å². The highest BCUT2D eigenvalue weighted by molar-refractivity contribution is 6.69. The third kappa shape index (κ3) is 5.34. The van der Waals surface area contributed by atoms with Crippen molar-refractivity contribution in [2.75, 3.05) is 7.05 Å². The maximum atomic E-state index is 5.42. The molecule has 0 saturated carbocycles. The third-order valence-corrected chi connectivity index (χ3v) is 2.21. The van der Waals surface area contributed by atoms with Gasteiger partial charge in [0.1, 0.15) is 7.05 Å². The molecule has 1 aromatic rings. The van der Waals surface area contributed by atoms with E-state index in [1.54, 1.807) is 4.68 Å². The summed E-state index contributed by atoms with van der Waals surface area (Å²) in [5.74, 6) is 0. The van der Waals surface area contributed by atoms with Gasteiger partial charge < -0.3 is 10.1 Å². The maximum Gasteiger partial charge on any atom is 0.171 e. The Morgan fingerprint density at radius 1 is 1.20 bits per heavy atom. The molecular weight excluding hydrogens is 204 g/mol. The molecule has 0 aliphatic heterocycles. The topological polar surface area (TPSA) is 26.3 Å². The Morgan fingerprint density at radius 3 is 2.33 bits per heavy atom. The summed E-state index contributed by atoms with van der Waals surface area (Å²) in [6, 6.07) is 10.0. The lowest BCUT2D eigenvalue weighted by atomic mass is 10.2. The minimum absolute atomic E-state index is 1.11. The molecule has 4 heteroatoms. The summed E-state index contributed by atoms with van der Waals surface area (Å²) < 4.78 is 7.12. The van der Waals surface area contributed by atoms with Crippen LogP contribution in [0, 0.1) is 0 Å². The minimum atomic E-state index is -1.57. The zero-order chi connectivity index (χ0) is 11.3. The fraction of sp³-hybridized carbons (Fsp3) is 0.364. The third-order valence-electron chi connectivity index (χ3n) is 1.58. The lowest BCUT2D eigenvalue weighted by Crippen LogP contribution is -2.24. The van der Waals surface area contributed by atoms with Gasteiger partial charge >= 0.3 is 0 Å². The van der Waals surface area contributed by atoms with E-state index < -0.39 is 8.32 Å². The fourth-order valence-electron chi connectivity index (χ4n) is 0.965. The smallest absolute Gasteiger partial charge is 0.171 e. The molecular formula is C11H18N2OSi. The van der Waals surface area contributed by atoms with Gasteiger partial charge in [-0.3, -0.25) is 4.68 Å². The van der Waals surface area contributed by atoms with Crippen molar-refractivity contribution in [3.05, 3.63) is 41.5 Å². The van der Waals surface area contributed by atoms with Crippen LogP contribution in [0.3, 0.4) is 0 Å². The molecule has 0 saturated heterocycles. The van der Waals surface area contributed by atoms with E-state index in [-0.39, 0.29) is 0 Å². The molecule has 15 heavy (non-hydrogen) atoms. The van der Waals surface area contributed by atoms with Crippen LogP contribution in [0.15, 0.2) is 30.3 Å². The van der Waals surface area contributed by atoms with Crippen molar-refractivity contribution in [2.45, 2.75) is 19.6 Å². The van der Waals surface area contributed by atoms with Crippen LogP contribution in [0.1, 0.15) is 5.56 Å². The summed E-state index contributed by atoms with van der Waals surface area (Å²) in [4.78, 5) is 0. The lowest BCUT2D eigenvalue weighted by Gasteiger charge is -2.25. The first-order chi connectivity index (χ1) is 6.97. The van der Waals surface area contributed by atoms with Gasteiger partial charge in [-0.15, -0.1) is 0 Å². The van der Waals surface area contributed by atoms with Gasteiger partial charge in [-0.25, -0.2) is 0 Å². The average Bonchev–Trinajstić information content (AvgIpc) is 2.15. The SMILES string of the molecule is C/[N+](=C\c1ccccc1)[N-]O[Si](C)(C)C. The standard InChI is InChI=1S/C11H18N2OSi/c1-13(12-14-15(2,3)4)10-11-8-6-5-7-9-11/h5-10H,1-4H3/b13-10+. The second kappa shape index (κ2) is 5.09. The highest BCUT2D eigenvalue weighted by atomic mass is 28.4. The molecule has 82 valence electrons. The molecule has 0 spiro atoms. The number of hydrogen-bond donors (Lipinski definition) is 0. The normalized spacial score (nSPS) is 12.7. The number of rotatable bonds is 4. The Kier molecular flexibility index (Phi) is 4.05. The van der Waals surface area contributed by atoms with E-state index in [0.717, 1.165) is 5.56 Å². The summed E-state index contributed by atoms with van der Waals surface area (Å²) in [6.07, 6.45) is 1.93. The van der Waals surface area contributed by atoms with Crippen molar-refractivity contribution in [3.8, 4) is 0 Å². The Morgan fingerprint density at radius 2 is 1.80 bits per heavy atom. The van der Waals surface area contributed by atoms with Crippen molar-refractivity contribution in [3.63, 3.8) is 0 Å². The first-order valence-electron chi connectivity index (χ1n) is 4.99. The first-order valence-corrected chi connectivity index (χ1v) is 8.40. The molecule has 0 aliphatic rings. The van der Waals surface area contributed by atoms with Crippen LogP contribution in [0.5, 0.6) is 0 Å². The highest BCUT2D eigenvalue weighted by Crippen LogP contribution is 2.06. The van der Waals surface area contributed by atoms with E-state index >= 15 is 0 Å². The number of nitrogens with zero attached hydrogens (tertiary/aromatic N) is 2. The zero-order valence-electron chi connectivity index (χ0n) is 9.77. The van der Waals surface area contributed by atoms with Crippen LogP contribution >= 0.6 is 0 Å². The van der Waals surface area contributed by atoms with Gasteiger partial charge in [0.05, 0.1) is 0 Å². The van der Waals surface area contributed by atoms with Crippen LogP contribution in [-0.2, 0) is 4.53 Å². The quantitative estimate of drug-likeness (QED) is 0.333. The highest BCUT2D eigenvalue weighted by Gasteiger charge is 2.09. The summed E-state index contributed by atoms with van der Waals surface area (Å²) in [7, 11) is 0.303. The van der Waals surface area contributed by atoms with E-state index in [9.17, 15) is 0 Å². The van der Waals surface area contributed by atoms with Gasteiger partial charge in [-0.1, -0.05) is 18.2 Å². The second-order valence-corrected chi connectivity index (χ2v) is 8.81. The molecule has 0 unspecified atom stereocenters. The molecule has 0 heterocycles. The molecule has 0 N–H and O–H groups in total. The fourth-order valence-corrected chi connectivity index (χ4v) is 1.34. The van der Waals surface area contributed by atoms with Gasteiger partial charge in [0.2, 0.25) is 0 Å². The molecule has 0 aromatic heterocycles. The molecule has 1 rings (SSSR count). The Bertz CT molecular complexity index is 330. The van der Waals surface area contributed by atoms with Crippen LogP contribution in [0.2, 0.25) is 19.6 Å². The van der Waals surface area contributed by atoms with Crippen LogP contribution < -0.4 is 0 Å². The second-order valence-electron chi connectivity index (χ2n) is 4.40. The van der Waals surface area contributed by atoms with Gasteiger partial charge in [-0.05, 0) is 31.8 Å². The van der Waals surface area contributed by atoms with Crippen molar-refractivity contribution in [1.82, 2.24) is 0 Å². The Hall–Kier alpha value is -1.13. The monoisotopic (exact) mass is 222 g/mol. The molecule has 0 atom stereocenters. The summed E-state index contributed by atoms with van der Waals surface area (Å²) in [5.41, 5.74) is 5.14. The van der Waals surface area contributed by atoms with E-state index in [2.05, 4.69) is 25.2 Å². The molecule has 0 radical (unpaired) electrons. The lowest BCUT2D eigenvalue weighted by molar-refractivity contribution is -0.469. The largest absolute Gasteiger partial charge is 0.448 e. The van der Waals surface area contributed by atoms with Crippen LogP contribution in [0.25, 0.3) is 5.59 Å². The van der Waals surface area contributed by atoms with Crippen LogP contribution in [-0.4, -0.2) is 26.3 Å². The molecule has 1 aromatic carbocycles. The zero-order valence-corrected chi connectivity index (χ0v) is 10.8. The van der Waals surface area contributed by atoms with Crippen LogP contribution in [0.4, 0.5) is 0 Å². The van der Waals surface area contributed by atoms with Gasteiger partial charge in [0, 0.05) is 5.56 Å².